The molecule has 3 aromatic heterocycles. The normalized spacial score (nSPS) is 10.9. The molecule has 0 saturated heterocycles. The highest BCUT2D eigenvalue weighted by molar-refractivity contribution is 6.10. The molecule has 6 rings (SSSR count). The van der Waals surface area contributed by atoms with Gasteiger partial charge in [0, 0.05) is 30.7 Å². The molecule has 0 unspecified atom stereocenters. The third kappa shape index (κ3) is 5.26. The molecule has 204 valence electrons. The van der Waals surface area contributed by atoms with E-state index in [2.05, 4.69) is 20.3 Å². The molecule has 0 bridgehead atoms. The SMILES string of the molecule is O=C(O)c1ccccc1C(=O)Nc1cccc(-c2cccc(-n3c(=O)c(Cc4cccnc4)nc4cccnc43)c2)c1. The van der Waals surface area contributed by atoms with Gasteiger partial charge in [-0.15, -0.1) is 0 Å². The van der Waals surface area contributed by atoms with Gasteiger partial charge in [0.1, 0.15) is 11.2 Å². The molecular formula is C33H23N5O4. The van der Waals surface area contributed by atoms with Crippen LogP contribution in [-0.4, -0.2) is 36.5 Å². The molecule has 6 aromatic rings. The second-order valence-corrected chi connectivity index (χ2v) is 9.52. The number of rotatable bonds is 7. The Balaban J connectivity index is 1.37. The van der Waals surface area contributed by atoms with Crippen LogP contribution in [0.15, 0.2) is 120 Å². The quantitative estimate of drug-likeness (QED) is 0.272. The third-order valence-electron chi connectivity index (χ3n) is 6.74. The lowest BCUT2D eigenvalue weighted by molar-refractivity contribution is 0.0692. The molecule has 3 heterocycles. The molecule has 2 N–H and O–H groups in total. The maximum atomic E-state index is 13.8. The highest BCUT2D eigenvalue weighted by Gasteiger charge is 2.17. The van der Waals surface area contributed by atoms with Crippen LogP contribution in [0.5, 0.6) is 0 Å². The zero-order chi connectivity index (χ0) is 29.1. The summed E-state index contributed by atoms with van der Waals surface area (Å²) < 4.78 is 1.56. The monoisotopic (exact) mass is 553 g/mol. The van der Waals surface area contributed by atoms with Crippen LogP contribution >= 0.6 is 0 Å². The molecule has 9 nitrogen and oxygen atoms in total. The van der Waals surface area contributed by atoms with Gasteiger partial charge in [0.15, 0.2) is 5.65 Å². The predicted molar refractivity (Wildman–Crippen MR) is 159 cm³/mol. The Bertz CT molecular complexity index is 2020. The van der Waals surface area contributed by atoms with Gasteiger partial charge in [-0.3, -0.25) is 19.1 Å². The molecule has 0 fully saturated rings. The van der Waals surface area contributed by atoms with Gasteiger partial charge < -0.3 is 10.4 Å². The van der Waals surface area contributed by atoms with Crippen molar-refractivity contribution in [2.45, 2.75) is 6.42 Å². The molecule has 0 saturated carbocycles. The van der Waals surface area contributed by atoms with E-state index in [-0.39, 0.29) is 16.7 Å². The van der Waals surface area contributed by atoms with Crippen LogP contribution in [-0.2, 0) is 6.42 Å². The Morgan fingerprint density at radius 2 is 1.57 bits per heavy atom. The van der Waals surface area contributed by atoms with Crippen molar-refractivity contribution < 1.29 is 14.7 Å². The van der Waals surface area contributed by atoms with Crippen LogP contribution in [0.2, 0.25) is 0 Å². The van der Waals surface area contributed by atoms with E-state index < -0.39 is 11.9 Å². The van der Waals surface area contributed by atoms with E-state index >= 15 is 0 Å². The van der Waals surface area contributed by atoms with E-state index in [1.54, 1.807) is 59.6 Å². The number of amides is 1. The Hall–Kier alpha value is -5.96. The Kier molecular flexibility index (Phi) is 7.05. The minimum absolute atomic E-state index is 0.0657. The minimum atomic E-state index is -1.18. The van der Waals surface area contributed by atoms with Crippen LogP contribution in [0.3, 0.4) is 0 Å². The van der Waals surface area contributed by atoms with Gasteiger partial charge in [0.05, 0.1) is 16.8 Å². The maximum Gasteiger partial charge on any atom is 0.336 e. The number of aromatic carboxylic acids is 1. The zero-order valence-corrected chi connectivity index (χ0v) is 22.1. The second kappa shape index (κ2) is 11.3. The molecule has 9 heteroatoms. The van der Waals surface area contributed by atoms with Crippen LogP contribution in [0.1, 0.15) is 32.0 Å². The summed E-state index contributed by atoms with van der Waals surface area (Å²) in [7, 11) is 0. The van der Waals surface area contributed by atoms with Crippen LogP contribution < -0.4 is 10.9 Å². The summed E-state index contributed by atoms with van der Waals surface area (Å²) in [6, 6.07) is 28.0. The number of hydrogen-bond donors (Lipinski definition) is 2. The fourth-order valence-electron chi connectivity index (χ4n) is 4.78. The Morgan fingerprint density at radius 3 is 2.36 bits per heavy atom. The number of pyridine rings is 2. The number of carboxylic acids is 1. The number of anilines is 1. The van der Waals surface area contributed by atoms with E-state index in [0.717, 1.165) is 16.7 Å². The van der Waals surface area contributed by atoms with Crippen LogP contribution in [0.4, 0.5) is 5.69 Å². The molecular weight excluding hydrogens is 530 g/mol. The number of nitrogens with one attached hydrogen (secondary N) is 1. The first-order chi connectivity index (χ1) is 20.5. The molecule has 0 radical (unpaired) electrons. The summed E-state index contributed by atoms with van der Waals surface area (Å²) in [6.45, 7) is 0. The van der Waals surface area contributed by atoms with E-state index in [9.17, 15) is 19.5 Å². The van der Waals surface area contributed by atoms with E-state index in [1.165, 1.54) is 12.1 Å². The summed E-state index contributed by atoms with van der Waals surface area (Å²) >= 11 is 0. The Morgan fingerprint density at radius 1 is 0.810 bits per heavy atom. The van der Waals surface area contributed by atoms with Crippen molar-refractivity contribution >= 4 is 28.7 Å². The molecule has 3 aromatic carbocycles. The summed E-state index contributed by atoms with van der Waals surface area (Å²) in [5.74, 6) is -1.70. The number of carboxylic acid groups (broad SMARTS) is 1. The highest BCUT2D eigenvalue weighted by Crippen LogP contribution is 2.26. The lowest BCUT2D eigenvalue weighted by Gasteiger charge is -2.13. The van der Waals surface area contributed by atoms with Gasteiger partial charge in [-0.05, 0) is 71.3 Å². The molecule has 0 atom stereocenters. The van der Waals surface area contributed by atoms with Gasteiger partial charge in [-0.1, -0.05) is 42.5 Å². The van der Waals surface area contributed by atoms with E-state index in [0.29, 0.717) is 34.7 Å². The largest absolute Gasteiger partial charge is 0.478 e. The van der Waals surface area contributed by atoms with Crippen molar-refractivity contribution in [3.63, 3.8) is 0 Å². The van der Waals surface area contributed by atoms with Crippen molar-refractivity contribution in [3.05, 3.63) is 148 Å². The second-order valence-electron chi connectivity index (χ2n) is 9.52. The van der Waals surface area contributed by atoms with Gasteiger partial charge >= 0.3 is 5.97 Å². The van der Waals surface area contributed by atoms with Gasteiger partial charge in [-0.25, -0.2) is 14.8 Å². The van der Waals surface area contributed by atoms with Crippen molar-refractivity contribution in [1.29, 1.82) is 0 Å². The van der Waals surface area contributed by atoms with Crippen molar-refractivity contribution in [2.75, 3.05) is 5.32 Å². The standard InChI is InChI=1S/C33H23N5O4/c39-31(26-12-1-2-13-27(26)33(41)42)36-24-10-3-8-22(18-24)23-9-4-11-25(19-23)38-30-28(14-6-16-35-30)37-29(32(38)40)17-21-7-5-15-34-20-21/h1-16,18-20H,17H2,(H,36,39)(H,41,42). The number of carbonyl (C=O) groups excluding carboxylic acids is 1. The smallest absolute Gasteiger partial charge is 0.336 e. The number of benzene rings is 3. The van der Waals surface area contributed by atoms with Crippen molar-refractivity contribution in [1.82, 2.24) is 19.5 Å². The fraction of sp³-hybridized carbons (Fsp3) is 0.0303. The van der Waals surface area contributed by atoms with Crippen molar-refractivity contribution in [2.24, 2.45) is 0 Å². The van der Waals surface area contributed by atoms with Gasteiger partial charge in [-0.2, -0.15) is 0 Å². The topological polar surface area (TPSA) is 127 Å². The Labute approximate surface area is 239 Å². The fourth-order valence-corrected chi connectivity index (χ4v) is 4.78. The predicted octanol–water partition coefficient (Wildman–Crippen LogP) is 5.38. The number of carbonyl (C=O) groups is 2. The summed E-state index contributed by atoms with van der Waals surface area (Å²) in [5, 5.41) is 12.2. The minimum Gasteiger partial charge on any atom is -0.478 e. The first-order valence-electron chi connectivity index (χ1n) is 13.1. The number of hydrogen-bond acceptors (Lipinski definition) is 6. The van der Waals surface area contributed by atoms with E-state index in [1.807, 2.05) is 48.5 Å². The third-order valence-corrected chi connectivity index (χ3v) is 6.74. The molecule has 0 aliphatic rings. The van der Waals surface area contributed by atoms with Crippen LogP contribution in [0.25, 0.3) is 28.0 Å². The zero-order valence-electron chi connectivity index (χ0n) is 22.1. The molecule has 1 amide bonds. The number of fused-ring (bicyclic) bond motifs is 1. The molecule has 0 aliphatic carbocycles. The van der Waals surface area contributed by atoms with Gasteiger partial charge in [0.2, 0.25) is 0 Å². The average Bonchev–Trinajstić information content (AvgIpc) is 3.02. The van der Waals surface area contributed by atoms with Gasteiger partial charge in [0.25, 0.3) is 11.5 Å². The highest BCUT2D eigenvalue weighted by atomic mass is 16.4. The number of nitrogens with zero attached hydrogens (tertiary/aromatic N) is 4. The molecule has 42 heavy (non-hydrogen) atoms. The maximum absolute atomic E-state index is 13.8. The molecule has 0 spiro atoms. The first kappa shape index (κ1) is 26.3. The average molecular weight is 554 g/mol. The lowest BCUT2D eigenvalue weighted by atomic mass is 10.0. The summed E-state index contributed by atoms with van der Waals surface area (Å²) in [6.07, 6.45) is 5.34. The summed E-state index contributed by atoms with van der Waals surface area (Å²) in [5.41, 5.74) is 4.68. The number of aromatic nitrogens is 4. The van der Waals surface area contributed by atoms with Crippen molar-refractivity contribution in [3.8, 4) is 16.8 Å². The lowest BCUT2D eigenvalue weighted by Crippen LogP contribution is -2.25. The summed E-state index contributed by atoms with van der Waals surface area (Å²) in [4.78, 5) is 51.5. The van der Waals surface area contributed by atoms with E-state index in [4.69, 9.17) is 0 Å². The molecule has 0 aliphatic heterocycles. The van der Waals surface area contributed by atoms with Crippen LogP contribution in [0, 0.1) is 0 Å². The first-order valence-corrected chi connectivity index (χ1v) is 13.1.